The second-order valence-electron chi connectivity index (χ2n) is 4.86. The molecule has 19 heavy (non-hydrogen) atoms. The molecule has 1 nitrogen and oxygen atoms in total. The summed E-state index contributed by atoms with van der Waals surface area (Å²) in [5, 5.41) is 0. The van der Waals surface area contributed by atoms with E-state index in [9.17, 15) is 13.6 Å². The number of rotatable bonds is 2. The Bertz CT molecular complexity index is 649. The Morgan fingerprint density at radius 1 is 1.11 bits per heavy atom. The first-order valence-electron chi connectivity index (χ1n) is 6.21. The van der Waals surface area contributed by atoms with Gasteiger partial charge in [-0.1, -0.05) is 24.3 Å². The topological polar surface area (TPSA) is 17.1 Å². The number of hydrogen-bond donors (Lipinski definition) is 0. The molecule has 3 heteroatoms. The van der Waals surface area contributed by atoms with Gasteiger partial charge in [-0.05, 0) is 42.2 Å². The molecule has 0 spiro atoms. The van der Waals surface area contributed by atoms with Crippen molar-refractivity contribution >= 4 is 5.78 Å². The molecule has 1 atom stereocenters. The number of Topliss-reactive ketones (excluding diaryl/α,β-unsaturated/α-hetero) is 1. The predicted octanol–water partition coefficient (Wildman–Crippen LogP) is 3.56. The summed E-state index contributed by atoms with van der Waals surface area (Å²) in [5.74, 6) is -1.18. The highest BCUT2D eigenvalue weighted by molar-refractivity contribution is 6.02. The molecule has 0 saturated heterocycles. The molecular formula is C16H12F2O. The van der Waals surface area contributed by atoms with Crippen LogP contribution in [0.2, 0.25) is 0 Å². The number of carbonyl (C=O) groups is 1. The zero-order valence-electron chi connectivity index (χ0n) is 10.2. The minimum Gasteiger partial charge on any atom is -0.294 e. The lowest BCUT2D eigenvalue weighted by Crippen LogP contribution is -2.13. The van der Waals surface area contributed by atoms with Crippen molar-refractivity contribution in [3.05, 3.63) is 70.8 Å². The zero-order valence-corrected chi connectivity index (χ0v) is 10.2. The van der Waals surface area contributed by atoms with Crippen LogP contribution < -0.4 is 0 Å². The lowest BCUT2D eigenvalue weighted by molar-refractivity contribution is 0.0936. The summed E-state index contributed by atoms with van der Waals surface area (Å²) in [5.41, 5.74) is 1.98. The summed E-state index contributed by atoms with van der Waals surface area (Å²) in [6.45, 7) is 0. The number of hydrogen-bond acceptors (Lipinski definition) is 1. The molecule has 2 aromatic rings. The fourth-order valence-corrected chi connectivity index (χ4v) is 2.65. The van der Waals surface area contributed by atoms with Gasteiger partial charge in [-0.3, -0.25) is 4.79 Å². The maximum absolute atomic E-state index is 13.6. The van der Waals surface area contributed by atoms with Gasteiger partial charge in [-0.2, -0.15) is 0 Å². The van der Waals surface area contributed by atoms with Crippen LogP contribution in [0.25, 0.3) is 0 Å². The summed E-state index contributed by atoms with van der Waals surface area (Å²) in [6.07, 6.45) is 0.849. The second kappa shape index (κ2) is 4.57. The molecule has 0 N–H and O–H groups in total. The smallest absolute Gasteiger partial charge is 0.166 e. The van der Waals surface area contributed by atoms with Crippen molar-refractivity contribution in [1.82, 2.24) is 0 Å². The lowest BCUT2D eigenvalue weighted by atomic mass is 9.95. The number of halogens is 2. The Labute approximate surface area is 109 Å². The van der Waals surface area contributed by atoms with Gasteiger partial charge < -0.3 is 0 Å². The van der Waals surface area contributed by atoms with Gasteiger partial charge >= 0.3 is 0 Å². The van der Waals surface area contributed by atoms with E-state index in [0.29, 0.717) is 12.0 Å². The quantitative estimate of drug-likeness (QED) is 0.805. The van der Waals surface area contributed by atoms with Gasteiger partial charge in [0.15, 0.2) is 5.78 Å². The van der Waals surface area contributed by atoms with Crippen molar-refractivity contribution in [2.24, 2.45) is 5.92 Å². The number of ketones is 1. The van der Waals surface area contributed by atoms with Gasteiger partial charge in [0.05, 0.1) is 0 Å². The maximum atomic E-state index is 13.6. The van der Waals surface area contributed by atoms with Crippen LogP contribution in [0.4, 0.5) is 8.78 Å². The van der Waals surface area contributed by atoms with Crippen LogP contribution >= 0.6 is 0 Å². The normalized spacial score (nSPS) is 17.6. The standard InChI is InChI=1S/C16H12F2O/c17-13-5-6-15(18)11(9-13)8-12-7-10-3-1-2-4-14(10)16(12)19/h1-6,9,12H,7-8H2. The Balaban J connectivity index is 1.87. The first-order chi connectivity index (χ1) is 9.15. The largest absolute Gasteiger partial charge is 0.294 e. The maximum Gasteiger partial charge on any atom is 0.166 e. The molecule has 0 bridgehead atoms. The van der Waals surface area contributed by atoms with Crippen LogP contribution in [0.3, 0.4) is 0 Å². The van der Waals surface area contributed by atoms with E-state index in [2.05, 4.69) is 0 Å². The van der Waals surface area contributed by atoms with E-state index in [1.165, 1.54) is 6.07 Å². The molecule has 0 aliphatic heterocycles. The van der Waals surface area contributed by atoms with Gasteiger partial charge in [0.1, 0.15) is 11.6 Å². The number of benzene rings is 2. The van der Waals surface area contributed by atoms with Crippen LogP contribution in [0.1, 0.15) is 21.5 Å². The molecule has 2 aromatic carbocycles. The average Bonchev–Trinajstić information content (AvgIpc) is 2.72. The van der Waals surface area contributed by atoms with Gasteiger partial charge in [0.25, 0.3) is 0 Å². The molecule has 1 aliphatic rings. The van der Waals surface area contributed by atoms with Crippen molar-refractivity contribution in [1.29, 1.82) is 0 Å². The molecular weight excluding hydrogens is 246 g/mol. The third-order valence-electron chi connectivity index (χ3n) is 3.59. The molecule has 3 rings (SSSR count). The van der Waals surface area contributed by atoms with Crippen molar-refractivity contribution in [2.75, 3.05) is 0 Å². The SMILES string of the molecule is O=C1c2ccccc2CC1Cc1cc(F)ccc1F. The van der Waals surface area contributed by atoms with E-state index in [-0.39, 0.29) is 23.7 Å². The van der Waals surface area contributed by atoms with Gasteiger partial charge in [0, 0.05) is 11.5 Å². The summed E-state index contributed by atoms with van der Waals surface area (Å²) >= 11 is 0. The van der Waals surface area contributed by atoms with Crippen molar-refractivity contribution < 1.29 is 13.6 Å². The number of fused-ring (bicyclic) bond motifs is 1. The van der Waals surface area contributed by atoms with Crippen molar-refractivity contribution in [3.63, 3.8) is 0 Å². The molecule has 96 valence electrons. The van der Waals surface area contributed by atoms with Crippen molar-refractivity contribution in [3.8, 4) is 0 Å². The Hall–Kier alpha value is -2.03. The third kappa shape index (κ3) is 2.16. The van der Waals surface area contributed by atoms with Crippen LogP contribution in [0, 0.1) is 17.6 Å². The van der Waals surface area contributed by atoms with E-state index < -0.39 is 11.6 Å². The summed E-state index contributed by atoms with van der Waals surface area (Å²) in [4.78, 5) is 12.2. The minimum absolute atomic E-state index is 0.0271. The Morgan fingerprint density at radius 3 is 2.68 bits per heavy atom. The lowest BCUT2D eigenvalue weighted by Gasteiger charge is -2.09. The zero-order chi connectivity index (χ0) is 13.4. The fraction of sp³-hybridized carbons (Fsp3) is 0.188. The molecule has 0 heterocycles. The van der Waals surface area contributed by atoms with Crippen molar-refractivity contribution in [2.45, 2.75) is 12.8 Å². The van der Waals surface area contributed by atoms with Crippen LogP contribution in [-0.4, -0.2) is 5.78 Å². The van der Waals surface area contributed by atoms with E-state index >= 15 is 0 Å². The van der Waals surface area contributed by atoms with Gasteiger partial charge in [-0.15, -0.1) is 0 Å². The Kier molecular flexibility index (Phi) is 2.90. The highest BCUT2D eigenvalue weighted by Crippen LogP contribution is 2.29. The summed E-state index contributed by atoms with van der Waals surface area (Å²) < 4.78 is 26.7. The van der Waals surface area contributed by atoms with E-state index in [0.717, 1.165) is 17.7 Å². The number of carbonyl (C=O) groups excluding carboxylic acids is 1. The molecule has 1 aliphatic carbocycles. The van der Waals surface area contributed by atoms with Gasteiger partial charge in [0.2, 0.25) is 0 Å². The molecule has 0 fully saturated rings. The van der Waals surface area contributed by atoms with Crippen LogP contribution in [0.5, 0.6) is 0 Å². The predicted molar refractivity (Wildman–Crippen MR) is 68.0 cm³/mol. The molecule has 0 saturated carbocycles. The third-order valence-corrected chi connectivity index (χ3v) is 3.59. The van der Waals surface area contributed by atoms with Crippen LogP contribution in [-0.2, 0) is 12.8 Å². The van der Waals surface area contributed by atoms with E-state index in [1.807, 2.05) is 18.2 Å². The van der Waals surface area contributed by atoms with E-state index in [4.69, 9.17) is 0 Å². The minimum atomic E-state index is -0.473. The molecule has 1 unspecified atom stereocenters. The second-order valence-corrected chi connectivity index (χ2v) is 4.86. The molecule has 0 aromatic heterocycles. The Morgan fingerprint density at radius 2 is 1.89 bits per heavy atom. The highest BCUT2D eigenvalue weighted by Gasteiger charge is 2.30. The highest BCUT2D eigenvalue weighted by atomic mass is 19.1. The average molecular weight is 258 g/mol. The monoisotopic (exact) mass is 258 g/mol. The first-order valence-corrected chi connectivity index (χ1v) is 6.21. The summed E-state index contributed by atoms with van der Waals surface area (Å²) in [6, 6.07) is 10.8. The molecule has 0 amide bonds. The van der Waals surface area contributed by atoms with Gasteiger partial charge in [-0.25, -0.2) is 8.78 Å². The molecule has 0 radical (unpaired) electrons. The van der Waals surface area contributed by atoms with Crippen LogP contribution in [0.15, 0.2) is 42.5 Å². The first kappa shape index (κ1) is 12.0. The summed E-state index contributed by atoms with van der Waals surface area (Å²) in [7, 11) is 0. The van der Waals surface area contributed by atoms with E-state index in [1.54, 1.807) is 6.07 Å². The fourth-order valence-electron chi connectivity index (χ4n) is 2.65.